The first-order valence-electron chi connectivity index (χ1n) is 6.28. The second-order valence-corrected chi connectivity index (χ2v) is 4.10. The molecule has 100 valence electrons. The van der Waals surface area contributed by atoms with Crippen molar-refractivity contribution in [2.24, 2.45) is 0 Å². The zero-order chi connectivity index (χ0) is 13.7. The van der Waals surface area contributed by atoms with Gasteiger partial charge in [-0.1, -0.05) is 6.92 Å². The number of nitrogens with one attached hydrogen (secondary N) is 2. The highest BCUT2D eigenvalue weighted by Crippen LogP contribution is 2.20. The Hall–Kier alpha value is -2.24. The van der Waals surface area contributed by atoms with E-state index in [9.17, 15) is 0 Å². The lowest BCUT2D eigenvalue weighted by molar-refractivity contribution is 0.939. The molecule has 2 aromatic rings. The van der Waals surface area contributed by atoms with Gasteiger partial charge in [0.1, 0.15) is 23.8 Å². The number of rotatable bonds is 5. The third kappa shape index (κ3) is 3.15. The highest BCUT2D eigenvalue weighted by atomic mass is 15.1. The van der Waals surface area contributed by atoms with Gasteiger partial charge in [-0.3, -0.25) is 0 Å². The van der Waals surface area contributed by atoms with E-state index >= 15 is 0 Å². The summed E-state index contributed by atoms with van der Waals surface area (Å²) in [5.74, 6) is 2.48. The maximum atomic E-state index is 4.35. The van der Waals surface area contributed by atoms with E-state index < -0.39 is 0 Å². The Balaban J connectivity index is 2.15. The van der Waals surface area contributed by atoms with Crippen molar-refractivity contribution in [3.05, 3.63) is 35.7 Å². The average Bonchev–Trinajstić information content (AvgIpc) is 2.44. The first-order chi connectivity index (χ1) is 9.24. The third-order valence-electron chi connectivity index (χ3n) is 2.81. The molecule has 2 heterocycles. The summed E-state index contributed by atoms with van der Waals surface area (Å²) in [5, 5.41) is 6.38. The molecule has 0 bridgehead atoms. The van der Waals surface area contributed by atoms with Crippen molar-refractivity contribution < 1.29 is 0 Å². The highest BCUT2D eigenvalue weighted by Gasteiger charge is 2.08. The van der Waals surface area contributed by atoms with Crippen LogP contribution >= 0.6 is 0 Å². The standard InChI is InChI=1S/C13H18N6/c1-4-11-12(14-3)17-8-18-13(11)16-7-10-5-6-15-9(2)19-10/h5-6,8H,4,7H2,1-3H3,(H2,14,16,17,18). The summed E-state index contributed by atoms with van der Waals surface area (Å²) >= 11 is 0. The maximum Gasteiger partial charge on any atom is 0.135 e. The molecule has 0 unspecified atom stereocenters. The minimum absolute atomic E-state index is 0.622. The van der Waals surface area contributed by atoms with Crippen LogP contribution in [-0.4, -0.2) is 27.0 Å². The second kappa shape index (κ2) is 6.08. The number of hydrogen-bond acceptors (Lipinski definition) is 6. The number of nitrogens with zero attached hydrogens (tertiary/aromatic N) is 4. The predicted molar refractivity (Wildman–Crippen MR) is 75.1 cm³/mol. The second-order valence-electron chi connectivity index (χ2n) is 4.10. The van der Waals surface area contributed by atoms with Gasteiger partial charge in [0.05, 0.1) is 12.2 Å². The fourth-order valence-electron chi connectivity index (χ4n) is 1.89. The van der Waals surface area contributed by atoms with Crippen LogP contribution in [0.2, 0.25) is 0 Å². The number of aromatic nitrogens is 4. The summed E-state index contributed by atoms with van der Waals surface area (Å²) in [5.41, 5.74) is 2.02. The first kappa shape index (κ1) is 13.2. The predicted octanol–water partition coefficient (Wildman–Crippen LogP) is 1.79. The minimum Gasteiger partial charge on any atom is -0.373 e. The highest BCUT2D eigenvalue weighted by molar-refractivity contribution is 5.57. The van der Waals surface area contributed by atoms with E-state index in [4.69, 9.17) is 0 Å². The van der Waals surface area contributed by atoms with Crippen LogP contribution in [0.25, 0.3) is 0 Å². The van der Waals surface area contributed by atoms with Crippen molar-refractivity contribution >= 4 is 11.6 Å². The summed E-state index contributed by atoms with van der Waals surface area (Å²) < 4.78 is 0. The number of hydrogen-bond donors (Lipinski definition) is 2. The molecular weight excluding hydrogens is 240 g/mol. The van der Waals surface area contributed by atoms with Gasteiger partial charge in [-0.15, -0.1) is 0 Å². The van der Waals surface area contributed by atoms with Crippen molar-refractivity contribution in [3.8, 4) is 0 Å². The Morgan fingerprint density at radius 1 is 1.16 bits per heavy atom. The Morgan fingerprint density at radius 3 is 2.63 bits per heavy atom. The number of aryl methyl sites for hydroxylation is 1. The van der Waals surface area contributed by atoms with Gasteiger partial charge >= 0.3 is 0 Å². The van der Waals surface area contributed by atoms with Crippen molar-refractivity contribution in [3.63, 3.8) is 0 Å². The van der Waals surface area contributed by atoms with Crippen LogP contribution in [0.3, 0.4) is 0 Å². The summed E-state index contributed by atoms with van der Waals surface area (Å²) in [7, 11) is 1.86. The largest absolute Gasteiger partial charge is 0.373 e. The topological polar surface area (TPSA) is 75.6 Å². The monoisotopic (exact) mass is 258 g/mol. The van der Waals surface area contributed by atoms with Gasteiger partial charge in [0.2, 0.25) is 0 Å². The molecule has 2 N–H and O–H groups in total. The molecule has 6 heteroatoms. The molecule has 0 radical (unpaired) electrons. The van der Waals surface area contributed by atoms with E-state index in [1.165, 1.54) is 0 Å². The molecular formula is C13H18N6. The molecule has 19 heavy (non-hydrogen) atoms. The molecule has 2 rings (SSSR count). The van der Waals surface area contributed by atoms with Crippen molar-refractivity contribution in [2.75, 3.05) is 17.7 Å². The molecule has 0 amide bonds. The molecule has 0 aliphatic rings. The van der Waals surface area contributed by atoms with E-state index in [1.807, 2.05) is 20.0 Å². The SMILES string of the molecule is CCc1c(NC)ncnc1NCc1ccnc(C)n1. The lowest BCUT2D eigenvalue weighted by atomic mass is 10.2. The van der Waals surface area contributed by atoms with Crippen LogP contribution in [-0.2, 0) is 13.0 Å². The molecule has 0 aliphatic carbocycles. The van der Waals surface area contributed by atoms with Crippen molar-refractivity contribution in [2.45, 2.75) is 26.8 Å². The van der Waals surface area contributed by atoms with Crippen LogP contribution in [0.4, 0.5) is 11.6 Å². The first-order valence-corrected chi connectivity index (χ1v) is 6.28. The molecule has 0 atom stereocenters. The fraction of sp³-hybridized carbons (Fsp3) is 0.385. The molecule has 0 spiro atoms. The summed E-state index contributed by atoms with van der Waals surface area (Å²) in [6.07, 6.45) is 4.18. The fourth-order valence-corrected chi connectivity index (χ4v) is 1.89. The summed E-state index contributed by atoms with van der Waals surface area (Å²) in [6, 6.07) is 1.89. The van der Waals surface area contributed by atoms with Crippen molar-refractivity contribution in [1.29, 1.82) is 0 Å². The molecule has 0 saturated carbocycles. The van der Waals surface area contributed by atoms with E-state index in [0.29, 0.717) is 6.54 Å². The third-order valence-corrected chi connectivity index (χ3v) is 2.81. The Labute approximate surface area is 112 Å². The zero-order valence-electron chi connectivity index (χ0n) is 11.4. The Bertz CT molecular complexity index is 555. The normalized spacial score (nSPS) is 10.3. The molecule has 0 aromatic carbocycles. The maximum absolute atomic E-state index is 4.35. The van der Waals surface area contributed by atoms with Crippen LogP contribution < -0.4 is 10.6 Å². The van der Waals surface area contributed by atoms with Gasteiger partial charge in [0, 0.05) is 18.8 Å². The van der Waals surface area contributed by atoms with Gasteiger partial charge in [-0.25, -0.2) is 19.9 Å². The number of anilines is 2. The van der Waals surface area contributed by atoms with Gasteiger partial charge in [0.15, 0.2) is 0 Å². The van der Waals surface area contributed by atoms with Gasteiger partial charge in [-0.05, 0) is 19.4 Å². The van der Waals surface area contributed by atoms with Crippen molar-refractivity contribution in [1.82, 2.24) is 19.9 Å². The van der Waals surface area contributed by atoms with Gasteiger partial charge < -0.3 is 10.6 Å². The van der Waals surface area contributed by atoms with Crippen LogP contribution in [0.1, 0.15) is 24.0 Å². The molecule has 2 aromatic heterocycles. The smallest absolute Gasteiger partial charge is 0.135 e. The Morgan fingerprint density at radius 2 is 1.95 bits per heavy atom. The molecule has 6 nitrogen and oxygen atoms in total. The van der Waals surface area contributed by atoms with E-state index in [-0.39, 0.29) is 0 Å². The quantitative estimate of drug-likeness (QED) is 0.851. The van der Waals surface area contributed by atoms with Crippen LogP contribution in [0.5, 0.6) is 0 Å². The lowest BCUT2D eigenvalue weighted by Gasteiger charge is -2.12. The van der Waals surface area contributed by atoms with E-state index in [2.05, 4.69) is 37.5 Å². The molecule has 0 aliphatic heterocycles. The minimum atomic E-state index is 0.622. The van der Waals surface area contributed by atoms with E-state index in [1.54, 1.807) is 12.5 Å². The van der Waals surface area contributed by atoms with Crippen LogP contribution in [0, 0.1) is 6.92 Å². The van der Waals surface area contributed by atoms with E-state index in [0.717, 1.165) is 35.1 Å². The van der Waals surface area contributed by atoms with Gasteiger partial charge in [0.25, 0.3) is 0 Å². The molecule has 0 saturated heterocycles. The Kier molecular flexibility index (Phi) is 4.22. The average molecular weight is 258 g/mol. The lowest BCUT2D eigenvalue weighted by Crippen LogP contribution is -2.09. The van der Waals surface area contributed by atoms with Gasteiger partial charge in [-0.2, -0.15) is 0 Å². The van der Waals surface area contributed by atoms with Crippen LogP contribution in [0.15, 0.2) is 18.6 Å². The summed E-state index contributed by atoms with van der Waals surface area (Å²) in [6.45, 7) is 4.58. The summed E-state index contributed by atoms with van der Waals surface area (Å²) in [4.78, 5) is 16.9. The zero-order valence-corrected chi connectivity index (χ0v) is 11.4. The molecule has 0 fully saturated rings.